The number of unbranched alkanes of at least 4 members (excludes halogenated alkanes) is 6. The summed E-state index contributed by atoms with van der Waals surface area (Å²) in [6, 6.07) is 9.72. The molecule has 1 aromatic rings. The largest absolute Gasteiger partial charge is 0.461 e. The molecule has 0 aliphatic rings. The van der Waals surface area contributed by atoms with Gasteiger partial charge in [0.25, 0.3) is 0 Å². The topological polar surface area (TPSA) is 43.4 Å². The number of rotatable bonds is 12. The highest BCUT2D eigenvalue weighted by molar-refractivity contribution is 6.63. The average molecular weight is 325 g/mol. The number of carbonyl (C=O) groups is 2. The molecule has 0 N–H and O–H groups in total. The molecular formula is C18H25ClO3. The molecule has 0 heterocycles. The lowest BCUT2D eigenvalue weighted by atomic mass is 10.1. The first kappa shape index (κ1) is 18.7. The summed E-state index contributed by atoms with van der Waals surface area (Å²) in [4.78, 5) is 22.1. The second-order valence-electron chi connectivity index (χ2n) is 5.48. The first-order valence-electron chi connectivity index (χ1n) is 8.06. The summed E-state index contributed by atoms with van der Waals surface area (Å²) in [5.74, 6) is -0.121. The van der Waals surface area contributed by atoms with Gasteiger partial charge in [0.05, 0.1) is 0 Å². The smallest absolute Gasteiger partial charge is 0.306 e. The van der Waals surface area contributed by atoms with Crippen LogP contribution in [0.5, 0.6) is 0 Å². The zero-order chi connectivity index (χ0) is 16.0. The van der Waals surface area contributed by atoms with Crippen LogP contribution in [0.25, 0.3) is 0 Å². The molecule has 1 rings (SSSR count). The van der Waals surface area contributed by atoms with E-state index in [1.54, 1.807) is 0 Å². The molecule has 0 bridgehead atoms. The van der Waals surface area contributed by atoms with Crippen LogP contribution in [0.3, 0.4) is 0 Å². The van der Waals surface area contributed by atoms with E-state index in [0.29, 0.717) is 19.4 Å². The fraction of sp³-hybridized carbons (Fsp3) is 0.556. The van der Waals surface area contributed by atoms with Gasteiger partial charge >= 0.3 is 5.97 Å². The van der Waals surface area contributed by atoms with E-state index in [1.807, 2.05) is 30.3 Å². The Labute approximate surface area is 138 Å². The maximum absolute atomic E-state index is 11.6. The van der Waals surface area contributed by atoms with Crippen molar-refractivity contribution in [1.82, 2.24) is 0 Å². The molecule has 4 heteroatoms. The van der Waals surface area contributed by atoms with E-state index in [1.165, 1.54) is 0 Å². The molecule has 0 aliphatic heterocycles. The third kappa shape index (κ3) is 10.4. The first-order chi connectivity index (χ1) is 10.7. The van der Waals surface area contributed by atoms with Crippen molar-refractivity contribution < 1.29 is 14.3 Å². The molecule has 0 aromatic heterocycles. The Hall–Kier alpha value is -1.35. The SMILES string of the molecule is O=C(Cl)CCCCCCCCCC(=O)OCc1ccccc1. The molecule has 0 amide bonds. The lowest BCUT2D eigenvalue weighted by molar-refractivity contribution is -0.145. The van der Waals surface area contributed by atoms with E-state index in [0.717, 1.165) is 50.5 Å². The van der Waals surface area contributed by atoms with Gasteiger partial charge in [-0.25, -0.2) is 0 Å². The third-order valence-electron chi connectivity index (χ3n) is 3.50. The normalized spacial score (nSPS) is 10.4. The van der Waals surface area contributed by atoms with Gasteiger partial charge in [-0.15, -0.1) is 0 Å². The molecular weight excluding hydrogens is 300 g/mol. The van der Waals surface area contributed by atoms with Crippen LogP contribution in [0.15, 0.2) is 30.3 Å². The van der Waals surface area contributed by atoms with Crippen molar-refractivity contribution in [3.8, 4) is 0 Å². The Balaban J connectivity index is 1.89. The minimum atomic E-state index is -0.242. The molecule has 1 aromatic carbocycles. The summed E-state index contributed by atoms with van der Waals surface area (Å²) in [7, 11) is 0. The summed E-state index contributed by atoms with van der Waals surface area (Å²) >= 11 is 5.27. The molecule has 3 nitrogen and oxygen atoms in total. The number of benzene rings is 1. The quantitative estimate of drug-likeness (QED) is 0.308. The van der Waals surface area contributed by atoms with E-state index < -0.39 is 0 Å². The van der Waals surface area contributed by atoms with E-state index >= 15 is 0 Å². The molecule has 122 valence electrons. The highest BCUT2D eigenvalue weighted by Crippen LogP contribution is 2.11. The zero-order valence-corrected chi connectivity index (χ0v) is 13.8. The van der Waals surface area contributed by atoms with Crippen LogP contribution >= 0.6 is 11.6 Å². The predicted molar refractivity (Wildman–Crippen MR) is 88.7 cm³/mol. The molecule has 0 atom stereocenters. The van der Waals surface area contributed by atoms with Crippen LogP contribution in [0.1, 0.15) is 63.4 Å². The van der Waals surface area contributed by atoms with Crippen LogP contribution in [-0.2, 0) is 20.9 Å². The lowest BCUT2D eigenvalue weighted by Crippen LogP contribution is -2.04. The highest BCUT2D eigenvalue weighted by Gasteiger charge is 2.03. The number of esters is 1. The summed E-state index contributed by atoms with van der Waals surface area (Å²) in [5.41, 5.74) is 1.02. The highest BCUT2D eigenvalue weighted by atomic mass is 35.5. The van der Waals surface area contributed by atoms with Crippen LogP contribution in [-0.4, -0.2) is 11.2 Å². The second-order valence-corrected chi connectivity index (χ2v) is 5.90. The van der Waals surface area contributed by atoms with Gasteiger partial charge in [-0.1, -0.05) is 62.4 Å². The van der Waals surface area contributed by atoms with Gasteiger partial charge < -0.3 is 4.74 Å². The average Bonchev–Trinajstić information content (AvgIpc) is 2.52. The Kier molecular flexibility index (Phi) is 10.4. The minimum Gasteiger partial charge on any atom is -0.461 e. The fourth-order valence-corrected chi connectivity index (χ4v) is 2.36. The predicted octanol–water partition coefficient (Wildman–Crippen LogP) is 5.01. The summed E-state index contributed by atoms with van der Waals surface area (Å²) in [6.07, 6.45) is 8.25. The van der Waals surface area contributed by atoms with Crippen molar-refractivity contribution in [3.05, 3.63) is 35.9 Å². The van der Waals surface area contributed by atoms with Gasteiger partial charge in [-0.05, 0) is 30.0 Å². The second kappa shape index (κ2) is 12.2. The van der Waals surface area contributed by atoms with Crippen molar-refractivity contribution in [2.75, 3.05) is 0 Å². The molecule has 0 fully saturated rings. The van der Waals surface area contributed by atoms with Crippen molar-refractivity contribution in [1.29, 1.82) is 0 Å². The van der Waals surface area contributed by atoms with Crippen LogP contribution < -0.4 is 0 Å². The minimum absolute atomic E-state index is 0.121. The Morgan fingerprint density at radius 2 is 1.36 bits per heavy atom. The van der Waals surface area contributed by atoms with Crippen molar-refractivity contribution in [3.63, 3.8) is 0 Å². The number of halogens is 1. The maximum Gasteiger partial charge on any atom is 0.306 e. The maximum atomic E-state index is 11.6. The molecule has 0 unspecified atom stereocenters. The molecule has 0 spiro atoms. The summed E-state index contributed by atoms with van der Waals surface area (Å²) in [6.45, 7) is 0.360. The fourth-order valence-electron chi connectivity index (χ4n) is 2.23. The number of ether oxygens (including phenoxy) is 1. The van der Waals surface area contributed by atoms with E-state index in [-0.39, 0.29) is 11.2 Å². The van der Waals surface area contributed by atoms with E-state index in [2.05, 4.69) is 0 Å². The summed E-state index contributed by atoms with van der Waals surface area (Å²) < 4.78 is 5.23. The zero-order valence-electron chi connectivity index (χ0n) is 13.1. The van der Waals surface area contributed by atoms with Crippen LogP contribution in [0.4, 0.5) is 0 Å². The van der Waals surface area contributed by atoms with Crippen molar-refractivity contribution >= 4 is 22.8 Å². The molecule has 0 aliphatic carbocycles. The summed E-state index contributed by atoms with van der Waals surface area (Å²) in [5, 5.41) is -0.242. The third-order valence-corrected chi connectivity index (χ3v) is 3.69. The van der Waals surface area contributed by atoms with Gasteiger partial charge in [0.2, 0.25) is 5.24 Å². The van der Waals surface area contributed by atoms with Crippen LogP contribution in [0.2, 0.25) is 0 Å². The van der Waals surface area contributed by atoms with Gasteiger partial charge in [-0.3, -0.25) is 9.59 Å². The first-order valence-corrected chi connectivity index (χ1v) is 8.44. The Bertz CT molecular complexity index is 431. The molecule has 22 heavy (non-hydrogen) atoms. The van der Waals surface area contributed by atoms with E-state index in [9.17, 15) is 9.59 Å². The number of hydrogen-bond donors (Lipinski definition) is 0. The number of hydrogen-bond acceptors (Lipinski definition) is 3. The Morgan fingerprint density at radius 1 is 0.818 bits per heavy atom. The van der Waals surface area contributed by atoms with Gasteiger partial charge in [-0.2, -0.15) is 0 Å². The number of carbonyl (C=O) groups excluding carboxylic acids is 2. The van der Waals surface area contributed by atoms with Gasteiger partial charge in [0.1, 0.15) is 6.61 Å². The Morgan fingerprint density at radius 3 is 1.95 bits per heavy atom. The molecule has 0 saturated carbocycles. The molecule has 0 saturated heterocycles. The van der Waals surface area contributed by atoms with E-state index in [4.69, 9.17) is 16.3 Å². The van der Waals surface area contributed by atoms with Crippen LogP contribution in [0, 0.1) is 0 Å². The van der Waals surface area contributed by atoms with Crippen molar-refractivity contribution in [2.45, 2.75) is 64.4 Å². The monoisotopic (exact) mass is 324 g/mol. The van der Waals surface area contributed by atoms with Crippen molar-refractivity contribution in [2.24, 2.45) is 0 Å². The standard InChI is InChI=1S/C18H25ClO3/c19-17(20)13-9-4-2-1-3-5-10-14-18(21)22-15-16-11-7-6-8-12-16/h6-8,11-12H,1-5,9-10,13-15H2. The van der Waals surface area contributed by atoms with Gasteiger partial charge in [0, 0.05) is 12.8 Å². The van der Waals surface area contributed by atoms with Gasteiger partial charge in [0.15, 0.2) is 0 Å². The lowest BCUT2D eigenvalue weighted by Gasteiger charge is -2.05. The molecule has 0 radical (unpaired) electrons.